The van der Waals surface area contributed by atoms with Crippen LogP contribution in [0.3, 0.4) is 0 Å². The average Bonchev–Trinajstić information content (AvgIpc) is 2.47. The molecule has 0 aliphatic rings. The van der Waals surface area contributed by atoms with Crippen LogP contribution < -0.4 is 11.1 Å². The molecule has 0 heterocycles. The summed E-state index contributed by atoms with van der Waals surface area (Å²) in [6, 6.07) is 14.3. The number of benzene rings is 2. The molecule has 0 saturated carbocycles. The molecule has 2 atom stereocenters. The van der Waals surface area contributed by atoms with Crippen molar-refractivity contribution in [3.8, 4) is 0 Å². The lowest BCUT2D eigenvalue weighted by molar-refractivity contribution is -0.122. The molecule has 116 valence electrons. The summed E-state index contributed by atoms with van der Waals surface area (Å²) in [6.07, 6.45) is 0.222. The Bertz CT molecular complexity index is 646. The Kier molecular flexibility index (Phi) is 5.83. The maximum atomic E-state index is 12.1. The first-order valence-electron chi connectivity index (χ1n) is 7.02. The van der Waals surface area contributed by atoms with Gasteiger partial charge >= 0.3 is 0 Å². The van der Waals surface area contributed by atoms with Crippen LogP contribution in [-0.4, -0.2) is 5.91 Å². The number of hydrogen-bond acceptors (Lipinski definition) is 2. The van der Waals surface area contributed by atoms with Crippen LogP contribution in [0.15, 0.2) is 48.5 Å². The van der Waals surface area contributed by atoms with Crippen LogP contribution in [0.5, 0.6) is 0 Å². The molecule has 0 bridgehead atoms. The van der Waals surface area contributed by atoms with E-state index in [4.69, 9.17) is 28.9 Å². The van der Waals surface area contributed by atoms with Crippen LogP contribution in [0.4, 0.5) is 0 Å². The molecule has 0 fully saturated rings. The molecule has 5 heteroatoms. The van der Waals surface area contributed by atoms with Crippen molar-refractivity contribution in [1.82, 2.24) is 5.32 Å². The molecule has 3 nitrogen and oxygen atoms in total. The molecular formula is C17H18Cl2N2O. The fourth-order valence-electron chi connectivity index (χ4n) is 2.25. The van der Waals surface area contributed by atoms with Crippen molar-refractivity contribution < 1.29 is 4.79 Å². The molecule has 0 aliphatic heterocycles. The third-order valence-electron chi connectivity index (χ3n) is 3.44. The minimum Gasteiger partial charge on any atom is -0.349 e. The maximum absolute atomic E-state index is 12.1. The zero-order valence-corrected chi connectivity index (χ0v) is 13.7. The van der Waals surface area contributed by atoms with Crippen molar-refractivity contribution in [3.63, 3.8) is 0 Å². The molecule has 1 amide bonds. The van der Waals surface area contributed by atoms with Gasteiger partial charge in [0.1, 0.15) is 0 Å². The average molecular weight is 337 g/mol. The van der Waals surface area contributed by atoms with Crippen LogP contribution in [0, 0.1) is 0 Å². The number of carbonyl (C=O) groups is 1. The van der Waals surface area contributed by atoms with Gasteiger partial charge in [0.05, 0.1) is 6.04 Å². The smallest absolute Gasteiger partial charge is 0.222 e. The number of amides is 1. The molecule has 0 radical (unpaired) electrons. The fourth-order valence-corrected chi connectivity index (χ4v) is 2.82. The first-order chi connectivity index (χ1) is 10.5. The van der Waals surface area contributed by atoms with E-state index in [9.17, 15) is 4.79 Å². The van der Waals surface area contributed by atoms with Crippen molar-refractivity contribution in [2.24, 2.45) is 5.73 Å². The third-order valence-corrected chi connectivity index (χ3v) is 4.00. The number of hydrogen-bond donors (Lipinski definition) is 2. The van der Waals surface area contributed by atoms with E-state index in [0.717, 1.165) is 11.1 Å². The second-order valence-electron chi connectivity index (χ2n) is 5.18. The summed E-state index contributed by atoms with van der Waals surface area (Å²) in [4.78, 5) is 12.1. The van der Waals surface area contributed by atoms with Crippen molar-refractivity contribution in [1.29, 1.82) is 0 Å². The second-order valence-corrected chi connectivity index (χ2v) is 6.02. The van der Waals surface area contributed by atoms with Crippen molar-refractivity contribution >= 4 is 29.1 Å². The highest BCUT2D eigenvalue weighted by Gasteiger charge is 2.16. The molecule has 0 spiro atoms. The number of nitrogens with two attached hydrogens (primary N) is 1. The normalized spacial score (nSPS) is 13.5. The summed E-state index contributed by atoms with van der Waals surface area (Å²) >= 11 is 12.0. The summed E-state index contributed by atoms with van der Waals surface area (Å²) in [5, 5.41) is 4.01. The van der Waals surface area contributed by atoms with Gasteiger partial charge in [-0.3, -0.25) is 4.79 Å². The van der Waals surface area contributed by atoms with Crippen molar-refractivity contribution in [2.45, 2.75) is 25.4 Å². The molecule has 0 aromatic heterocycles. The number of rotatable bonds is 5. The highest BCUT2D eigenvalue weighted by atomic mass is 35.5. The van der Waals surface area contributed by atoms with E-state index in [-0.39, 0.29) is 24.4 Å². The van der Waals surface area contributed by atoms with Crippen molar-refractivity contribution in [3.05, 3.63) is 69.7 Å². The Morgan fingerprint density at radius 3 is 2.50 bits per heavy atom. The van der Waals surface area contributed by atoms with E-state index < -0.39 is 0 Å². The molecule has 2 rings (SSSR count). The van der Waals surface area contributed by atoms with E-state index >= 15 is 0 Å². The standard InChI is InChI=1S/C17H18Cl2N2O/c1-11(14-8-7-13(18)9-15(14)19)21-17(22)10-16(20)12-5-3-2-4-6-12/h2-9,11,16H,10,20H2,1H3,(H,21,22)/t11-,16+/m0/s1. The predicted octanol–water partition coefficient (Wildman–Crippen LogP) is 4.26. The first kappa shape index (κ1) is 16.8. The number of carbonyl (C=O) groups excluding carboxylic acids is 1. The van der Waals surface area contributed by atoms with Gasteiger partial charge in [-0.05, 0) is 30.2 Å². The molecule has 2 aromatic rings. The second kappa shape index (κ2) is 7.63. The molecule has 3 N–H and O–H groups in total. The van der Waals surface area contributed by atoms with Crippen LogP contribution in [0.25, 0.3) is 0 Å². The third kappa shape index (κ3) is 4.47. The Morgan fingerprint density at radius 1 is 1.18 bits per heavy atom. The predicted molar refractivity (Wildman–Crippen MR) is 91.0 cm³/mol. The lowest BCUT2D eigenvalue weighted by Gasteiger charge is -2.18. The Labute approximate surface area is 140 Å². The van der Waals surface area contributed by atoms with Gasteiger partial charge in [0.25, 0.3) is 0 Å². The van der Waals surface area contributed by atoms with Crippen molar-refractivity contribution in [2.75, 3.05) is 0 Å². The lowest BCUT2D eigenvalue weighted by Crippen LogP contribution is -2.30. The zero-order chi connectivity index (χ0) is 16.1. The van der Waals surface area contributed by atoms with Gasteiger partial charge in [-0.25, -0.2) is 0 Å². The van der Waals surface area contributed by atoms with E-state index in [0.29, 0.717) is 10.0 Å². The summed E-state index contributed by atoms with van der Waals surface area (Å²) in [6.45, 7) is 1.88. The maximum Gasteiger partial charge on any atom is 0.222 e. The van der Waals surface area contributed by atoms with Gasteiger partial charge < -0.3 is 11.1 Å². The summed E-state index contributed by atoms with van der Waals surface area (Å²) in [7, 11) is 0. The molecule has 2 aromatic carbocycles. The van der Waals surface area contributed by atoms with Gasteiger partial charge in [0.15, 0.2) is 0 Å². The van der Waals surface area contributed by atoms with Crippen LogP contribution in [-0.2, 0) is 4.79 Å². The Balaban J connectivity index is 1.96. The number of halogens is 2. The van der Waals surface area contributed by atoms with Gasteiger partial charge in [-0.1, -0.05) is 59.6 Å². The van der Waals surface area contributed by atoms with E-state index in [1.807, 2.05) is 43.3 Å². The zero-order valence-electron chi connectivity index (χ0n) is 12.2. The molecule has 0 unspecified atom stereocenters. The monoisotopic (exact) mass is 336 g/mol. The minimum atomic E-state index is -0.325. The number of nitrogens with one attached hydrogen (secondary N) is 1. The summed E-state index contributed by atoms with van der Waals surface area (Å²) < 4.78 is 0. The Morgan fingerprint density at radius 2 is 1.86 bits per heavy atom. The van der Waals surface area contributed by atoms with Gasteiger partial charge in [-0.15, -0.1) is 0 Å². The van der Waals surface area contributed by atoms with E-state index in [1.165, 1.54) is 0 Å². The highest BCUT2D eigenvalue weighted by Crippen LogP contribution is 2.26. The largest absolute Gasteiger partial charge is 0.349 e. The van der Waals surface area contributed by atoms with E-state index in [1.54, 1.807) is 12.1 Å². The topological polar surface area (TPSA) is 55.1 Å². The summed E-state index contributed by atoms with van der Waals surface area (Å²) in [5.74, 6) is -0.116. The SMILES string of the molecule is C[C@H](NC(=O)C[C@@H](N)c1ccccc1)c1ccc(Cl)cc1Cl. The van der Waals surface area contributed by atoms with Gasteiger partial charge in [0, 0.05) is 22.5 Å². The molecule has 22 heavy (non-hydrogen) atoms. The minimum absolute atomic E-state index is 0.116. The van der Waals surface area contributed by atoms with Crippen LogP contribution in [0.1, 0.15) is 36.6 Å². The molecular weight excluding hydrogens is 319 g/mol. The van der Waals surface area contributed by atoms with E-state index in [2.05, 4.69) is 5.32 Å². The Hall–Kier alpha value is -1.55. The fraction of sp³-hybridized carbons (Fsp3) is 0.235. The van der Waals surface area contributed by atoms with Crippen LogP contribution in [0.2, 0.25) is 10.0 Å². The van der Waals surface area contributed by atoms with Gasteiger partial charge in [0.2, 0.25) is 5.91 Å². The lowest BCUT2D eigenvalue weighted by atomic mass is 10.0. The van der Waals surface area contributed by atoms with Crippen LogP contribution >= 0.6 is 23.2 Å². The molecule has 0 aliphatic carbocycles. The highest BCUT2D eigenvalue weighted by molar-refractivity contribution is 6.35. The first-order valence-corrected chi connectivity index (χ1v) is 7.78. The molecule has 0 saturated heterocycles. The van der Waals surface area contributed by atoms with Gasteiger partial charge in [-0.2, -0.15) is 0 Å². The summed E-state index contributed by atoms with van der Waals surface area (Å²) in [5.41, 5.74) is 7.82. The quantitative estimate of drug-likeness (QED) is 0.856.